The van der Waals surface area contributed by atoms with Crippen LogP contribution in [0.4, 0.5) is 11.5 Å². The number of hydrogen-bond acceptors (Lipinski definition) is 6. The van der Waals surface area contributed by atoms with Crippen molar-refractivity contribution in [1.29, 1.82) is 0 Å². The van der Waals surface area contributed by atoms with E-state index in [-0.39, 0.29) is 29.4 Å². The van der Waals surface area contributed by atoms with Crippen LogP contribution in [-0.2, 0) is 17.9 Å². The van der Waals surface area contributed by atoms with Gasteiger partial charge in [0.1, 0.15) is 11.6 Å². The highest BCUT2D eigenvalue weighted by molar-refractivity contribution is 5.96. The number of hydrogen-bond donors (Lipinski definition) is 3. The van der Waals surface area contributed by atoms with Crippen LogP contribution in [-0.4, -0.2) is 28.0 Å². The number of aromatic nitrogens is 2. The van der Waals surface area contributed by atoms with E-state index in [0.29, 0.717) is 13.0 Å². The van der Waals surface area contributed by atoms with E-state index < -0.39 is 29.7 Å². The molecule has 0 aliphatic heterocycles. The van der Waals surface area contributed by atoms with Gasteiger partial charge in [-0.25, -0.2) is 4.79 Å². The molecule has 10 nitrogen and oxygen atoms in total. The molecule has 1 aromatic heterocycles. The number of nitrogens with one attached hydrogen (secondary N) is 1. The summed E-state index contributed by atoms with van der Waals surface area (Å²) in [5.74, 6) is -1.02. The summed E-state index contributed by atoms with van der Waals surface area (Å²) in [4.78, 5) is 53.2. The minimum absolute atomic E-state index is 0.0314. The topological polar surface area (TPSA) is 154 Å². The Hall–Kier alpha value is -4.34. The fourth-order valence-corrected chi connectivity index (χ4v) is 3.40. The third-order valence-electron chi connectivity index (χ3n) is 5.18. The molecule has 0 bridgehead atoms. The Balaban J connectivity index is 1.97. The van der Waals surface area contributed by atoms with Gasteiger partial charge in [-0.1, -0.05) is 49.7 Å². The number of rotatable bonds is 10. The molecule has 0 atom stereocenters. The highest BCUT2D eigenvalue weighted by Gasteiger charge is 2.25. The van der Waals surface area contributed by atoms with Crippen LogP contribution in [0.25, 0.3) is 0 Å². The van der Waals surface area contributed by atoms with Gasteiger partial charge >= 0.3 is 5.69 Å². The fourth-order valence-electron chi connectivity index (χ4n) is 3.40. The van der Waals surface area contributed by atoms with E-state index in [2.05, 4.69) is 4.98 Å². The molecule has 0 saturated carbocycles. The predicted octanol–water partition coefficient (Wildman–Crippen LogP) is 1.63. The molecule has 1 heterocycles. The lowest BCUT2D eigenvalue weighted by Gasteiger charge is -2.25. The van der Waals surface area contributed by atoms with Crippen molar-refractivity contribution in [2.24, 2.45) is 5.73 Å². The molecule has 34 heavy (non-hydrogen) atoms. The van der Waals surface area contributed by atoms with Gasteiger partial charge in [0.2, 0.25) is 5.91 Å². The van der Waals surface area contributed by atoms with Crippen LogP contribution in [0.5, 0.6) is 5.75 Å². The number of benzene rings is 2. The van der Waals surface area contributed by atoms with Gasteiger partial charge in [-0.05, 0) is 30.2 Å². The Bertz CT molecular complexity index is 1280. The lowest BCUT2D eigenvalue weighted by atomic mass is 10.2. The van der Waals surface area contributed by atoms with Gasteiger partial charge in [-0.15, -0.1) is 0 Å². The highest BCUT2D eigenvalue weighted by Crippen LogP contribution is 2.21. The number of aromatic amines is 1. The Labute approximate surface area is 195 Å². The number of nitrogens with zero attached hydrogens (tertiary/aromatic N) is 2. The standard InChI is InChI=1S/C24H27N5O5/c1-2-3-12-28-21(25)20(23(32)27-24(28)33)29(14-16-8-5-4-6-9-16)19(30)15-34-18-11-7-10-17(13-18)22(26)31/h4-11,13H,2-3,12,14-15,25H2,1H3,(H2,26,31)(H,27,32,33). The van der Waals surface area contributed by atoms with Crippen LogP contribution in [0, 0.1) is 0 Å². The van der Waals surface area contributed by atoms with Gasteiger partial charge in [0.05, 0.1) is 6.54 Å². The number of carbonyl (C=O) groups is 2. The number of unbranched alkanes of at least 4 members (excludes halogenated alkanes) is 1. The summed E-state index contributed by atoms with van der Waals surface area (Å²) in [5, 5.41) is 0. The fraction of sp³-hybridized carbons (Fsp3) is 0.250. The second-order valence-corrected chi connectivity index (χ2v) is 7.64. The number of nitrogens with two attached hydrogens (primary N) is 2. The molecule has 0 aliphatic rings. The maximum Gasteiger partial charge on any atom is 0.330 e. The summed E-state index contributed by atoms with van der Waals surface area (Å²) in [6.07, 6.45) is 1.48. The van der Waals surface area contributed by atoms with Gasteiger partial charge in [-0.3, -0.25) is 28.8 Å². The summed E-state index contributed by atoms with van der Waals surface area (Å²) in [7, 11) is 0. The minimum Gasteiger partial charge on any atom is -0.484 e. The summed E-state index contributed by atoms with van der Waals surface area (Å²) in [6.45, 7) is 1.85. The molecule has 2 aromatic carbocycles. The van der Waals surface area contributed by atoms with Crippen LogP contribution < -0.4 is 32.4 Å². The monoisotopic (exact) mass is 465 g/mol. The Morgan fingerprint density at radius 2 is 1.82 bits per heavy atom. The molecule has 0 aliphatic carbocycles. The second kappa shape index (κ2) is 11.0. The first-order valence-corrected chi connectivity index (χ1v) is 10.8. The molecule has 0 spiro atoms. The number of primary amides is 1. The number of nitrogen functional groups attached to an aromatic ring is 1. The zero-order valence-electron chi connectivity index (χ0n) is 18.8. The number of anilines is 2. The molecule has 3 rings (SSSR count). The van der Waals surface area contributed by atoms with Crippen molar-refractivity contribution in [3.05, 3.63) is 86.6 Å². The van der Waals surface area contributed by atoms with E-state index in [1.54, 1.807) is 36.4 Å². The average molecular weight is 466 g/mol. The molecular weight excluding hydrogens is 438 g/mol. The van der Waals surface area contributed by atoms with Crippen LogP contribution in [0.1, 0.15) is 35.7 Å². The molecule has 3 aromatic rings. The van der Waals surface area contributed by atoms with Crippen LogP contribution in [0.3, 0.4) is 0 Å². The van der Waals surface area contributed by atoms with E-state index in [1.165, 1.54) is 21.6 Å². The molecule has 178 valence electrons. The number of ether oxygens (including phenoxy) is 1. The van der Waals surface area contributed by atoms with E-state index in [4.69, 9.17) is 16.2 Å². The quantitative estimate of drug-likeness (QED) is 0.414. The smallest absolute Gasteiger partial charge is 0.330 e. The Morgan fingerprint density at radius 3 is 2.50 bits per heavy atom. The number of H-pyrrole nitrogens is 1. The van der Waals surface area contributed by atoms with Crippen LogP contribution in [0.15, 0.2) is 64.2 Å². The summed E-state index contributed by atoms with van der Waals surface area (Å²) in [6, 6.07) is 15.1. The molecule has 10 heteroatoms. The van der Waals surface area contributed by atoms with E-state index >= 15 is 0 Å². The van der Waals surface area contributed by atoms with Crippen molar-refractivity contribution in [2.45, 2.75) is 32.9 Å². The maximum atomic E-state index is 13.3. The van der Waals surface area contributed by atoms with Crippen molar-refractivity contribution >= 4 is 23.3 Å². The largest absolute Gasteiger partial charge is 0.484 e. The van der Waals surface area contributed by atoms with Crippen molar-refractivity contribution in [2.75, 3.05) is 17.2 Å². The lowest BCUT2D eigenvalue weighted by Crippen LogP contribution is -2.42. The Morgan fingerprint density at radius 1 is 1.09 bits per heavy atom. The Kier molecular flexibility index (Phi) is 7.86. The van der Waals surface area contributed by atoms with Gasteiger partial charge < -0.3 is 16.2 Å². The first kappa shape index (κ1) is 24.3. The van der Waals surface area contributed by atoms with Gasteiger partial charge in [0.15, 0.2) is 12.3 Å². The van der Waals surface area contributed by atoms with E-state index in [9.17, 15) is 19.2 Å². The van der Waals surface area contributed by atoms with Crippen molar-refractivity contribution in [3.63, 3.8) is 0 Å². The first-order valence-electron chi connectivity index (χ1n) is 10.8. The first-order chi connectivity index (χ1) is 16.3. The minimum atomic E-state index is -0.768. The third-order valence-corrected chi connectivity index (χ3v) is 5.18. The number of carbonyl (C=O) groups excluding carboxylic acids is 2. The molecule has 0 fully saturated rings. The van der Waals surface area contributed by atoms with Gasteiger partial charge in [0.25, 0.3) is 11.5 Å². The molecule has 0 saturated heterocycles. The zero-order chi connectivity index (χ0) is 24.7. The van der Waals surface area contributed by atoms with E-state index in [0.717, 1.165) is 12.0 Å². The molecule has 5 N–H and O–H groups in total. The summed E-state index contributed by atoms with van der Waals surface area (Å²) < 4.78 is 6.83. The summed E-state index contributed by atoms with van der Waals surface area (Å²) >= 11 is 0. The predicted molar refractivity (Wildman–Crippen MR) is 129 cm³/mol. The molecule has 0 radical (unpaired) electrons. The molecule has 0 unspecified atom stereocenters. The van der Waals surface area contributed by atoms with Crippen molar-refractivity contribution in [3.8, 4) is 5.75 Å². The van der Waals surface area contributed by atoms with Crippen molar-refractivity contribution in [1.82, 2.24) is 9.55 Å². The normalized spacial score (nSPS) is 10.6. The maximum absolute atomic E-state index is 13.3. The van der Waals surface area contributed by atoms with Crippen molar-refractivity contribution < 1.29 is 14.3 Å². The van der Waals surface area contributed by atoms with Crippen LogP contribution in [0.2, 0.25) is 0 Å². The molecule has 2 amide bonds. The second-order valence-electron chi connectivity index (χ2n) is 7.64. The highest BCUT2D eigenvalue weighted by atomic mass is 16.5. The van der Waals surface area contributed by atoms with Crippen LogP contribution >= 0.6 is 0 Å². The molecular formula is C24H27N5O5. The average Bonchev–Trinajstić information content (AvgIpc) is 2.82. The SMILES string of the molecule is CCCCn1c(N)c(N(Cc2ccccc2)C(=O)COc2cccc(C(N)=O)c2)c(=O)[nH]c1=O. The van der Waals surface area contributed by atoms with E-state index in [1.807, 2.05) is 13.0 Å². The van der Waals surface area contributed by atoms with Gasteiger partial charge in [-0.2, -0.15) is 0 Å². The third kappa shape index (κ3) is 5.71. The van der Waals surface area contributed by atoms with Gasteiger partial charge in [0, 0.05) is 12.1 Å². The number of amides is 2. The summed E-state index contributed by atoms with van der Waals surface area (Å²) in [5.41, 5.74) is 11.0. The lowest BCUT2D eigenvalue weighted by molar-refractivity contribution is -0.120. The zero-order valence-corrected chi connectivity index (χ0v) is 18.8.